The highest BCUT2D eigenvalue weighted by Crippen LogP contribution is 2.35. The maximum atomic E-state index is 13.4. The molecule has 0 saturated carbocycles. The number of nitrogens with one attached hydrogen (secondary N) is 1. The number of thioether (sulfide) groups is 1. The average Bonchev–Trinajstić information content (AvgIpc) is 2.82. The summed E-state index contributed by atoms with van der Waals surface area (Å²) in [7, 11) is 2.89. The molecule has 0 saturated heterocycles. The van der Waals surface area contributed by atoms with Gasteiger partial charge in [-0.1, -0.05) is 42.1 Å². The third-order valence-electron chi connectivity index (χ3n) is 4.59. The van der Waals surface area contributed by atoms with Crippen molar-refractivity contribution in [3.63, 3.8) is 0 Å². The number of carbonyl (C=O) groups is 1. The number of ether oxygens (including phenoxy) is 2. The first kappa shape index (κ1) is 24.4. The highest BCUT2D eigenvalue weighted by atomic mass is 32.2. The Labute approximate surface area is 193 Å². The standard InChI is InChI=1S/C23H22F3N3O3S/c1-31-18-9-8-16(12-19(18)32-2)17-13-20(23(24,25)26)29-22(28-17)33-14-21(30)27-11-10-15-6-4-3-5-7-15/h3-9,12-13H,10-11,14H2,1-2H3,(H,27,30). The van der Waals surface area contributed by atoms with E-state index in [0.29, 0.717) is 30.0 Å². The quantitative estimate of drug-likeness (QED) is 0.358. The van der Waals surface area contributed by atoms with E-state index in [-0.39, 0.29) is 22.5 Å². The van der Waals surface area contributed by atoms with Crippen LogP contribution in [0.25, 0.3) is 11.3 Å². The van der Waals surface area contributed by atoms with Crippen LogP contribution in [0.3, 0.4) is 0 Å². The van der Waals surface area contributed by atoms with Crippen molar-refractivity contribution in [1.29, 1.82) is 0 Å². The van der Waals surface area contributed by atoms with Gasteiger partial charge in [-0.3, -0.25) is 4.79 Å². The second-order valence-corrected chi connectivity index (χ2v) is 7.81. The fourth-order valence-corrected chi connectivity index (χ4v) is 3.64. The molecule has 0 spiro atoms. The minimum atomic E-state index is -4.67. The van der Waals surface area contributed by atoms with E-state index in [2.05, 4.69) is 15.3 Å². The molecule has 0 radical (unpaired) electrons. The fourth-order valence-electron chi connectivity index (χ4n) is 2.95. The number of hydrogen-bond acceptors (Lipinski definition) is 6. The number of methoxy groups -OCH3 is 2. The van der Waals surface area contributed by atoms with Crippen molar-refractivity contribution in [2.24, 2.45) is 0 Å². The Morgan fingerprint density at radius 2 is 1.73 bits per heavy atom. The smallest absolute Gasteiger partial charge is 0.433 e. The predicted octanol–water partition coefficient (Wildman–Crippen LogP) is 4.63. The molecule has 10 heteroatoms. The van der Waals surface area contributed by atoms with Gasteiger partial charge in [0.15, 0.2) is 16.7 Å². The lowest BCUT2D eigenvalue weighted by Gasteiger charge is -2.12. The summed E-state index contributed by atoms with van der Waals surface area (Å²) in [5.74, 6) is 0.369. The maximum Gasteiger partial charge on any atom is 0.433 e. The third-order valence-corrected chi connectivity index (χ3v) is 5.43. The number of amides is 1. The third kappa shape index (κ3) is 6.85. The Bertz CT molecular complexity index is 1100. The van der Waals surface area contributed by atoms with Crippen molar-refractivity contribution in [2.75, 3.05) is 26.5 Å². The van der Waals surface area contributed by atoms with E-state index in [1.54, 1.807) is 12.1 Å². The van der Waals surface area contributed by atoms with E-state index in [9.17, 15) is 18.0 Å². The highest BCUT2D eigenvalue weighted by Gasteiger charge is 2.34. The van der Waals surface area contributed by atoms with E-state index >= 15 is 0 Å². The molecule has 0 fully saturated rings. The van der Waals surface area contributed by atoms with Crippen LogP contribution < -0.4 is 14.8 Å². The summed E-state index contributed by atoms with van der Waals surface area (Å²) in [5, 5.41) is 2.61. The summed E-state index contributed by atoms with van der Waals surface area (Å²) in [6, 6.07) is 15.2. The molecule has 3 aromatic rings. The number of rotatable bonds is 9. The summed E-state index contributed by atoms with van der Waals surface area (Å²) in [6.45, 7) is 0.420. The van der Waals surface area contributed by atoms with Gasteiger partial charge in [0.25, 0.3) is 0 Å². The van der Waals surface area contributed by atoms with Gasteiger partial charge in [0.1, 0.15) is 5.69 Å². The van der Waals surface area contributed by atoms with Crippen LogP contribution in [-0.4, -0.2) is 42.4 Å². The van der Waals surface area contributed by atoms with Gasteiger partial charge in [-0.05, 0) is 36.2 Å². The normalized spacial score (nSPS) is 11.2. The van der Waals surface area contributed by atoms with Crippen LogP contribution in [-0.2, 0) is 17.4 Å². The molecule has 1 N–H and O–H groups in total. The summed E-state index contributed by atoms with van der Waals surface area (Å²) in [4.78, 5) is 20.0. The van der Waals surface area contributed by atoms with Crippen LogP contribution in [0.2, 0.25) is 0 Å². The average molecular weight is 478 g/mol. The molecule has 0 unspecified atom stereocenters. The monoisotopic (exact) mass is 477 g/mol. The Hall–Kier alpha value is -3.27. The Morgan fingerprint density at radius 1 is 1.00 bits per heavy atom. The molecule has 174 valence electrons. The molecule has 1 aromatic heterocycles. The molecule has 0 aliphatic rings. The first-order chi connectivity index (χ1) is 15.8. The largest absolute Gasteiger partial charge is 0.493 e. The van der Waals surface area contributed by atoms with E-state index in [4.69, 9.17) is 9.47 Å². The molecular weight excluding hydrogens is 455 g/mol. The topological polar surface area (TPSA) is 73.3 Å². The van der Waals surface area contributed by atoms with Gasteiger partial charge in [-0.15, -0.1) is 0 Å². The Kier molecular flexibility index (Phi) is 8.16. The van der Waals surface area contributed by atoms with Crippen molar-refractivity contribution < 1.29 is 27.4 Å². The first-order valence-corrected chi connectivity index (χ1v) is 10.9. The zero-order valence-electron chi connectivity index (χ0n) is 18.0. The van der Waals surface area contributed by atoms with Gasteiger partial charge in [0, 0.05) is 12.1 Å². The number of nitrogens with zero attached hydrogens (tertiary/aromatic N) is 2. The summed E-state index contributed by atoms with van der Waals surface area (Å²) >= 11 is 0.841. The number of hydrogen-bond donors (Lipinski definition) is 1. The van der Waals surface area contributed by atoms with Gasteiger partial charge >= 0.3 is 6.18 Å². The van der Waals surface area contributed by atoms with Crippen LogP contribution >= 0.6 is 11.8 Å². The molecule has 33 heavy (non-hydrogen) atoms. The Balaban J connectivity index is 1.73. The van der Waals surface area contributed by atoms with E-state index in [1.807, 2.05) is 30.3 Å². The first-order valence-electron chi connectivity index (χ1n) is 9.92. The molecule has 6 nitrogen and oxygen atoms in total. The van der Waals surface area contributed by atoms with Gasteiger partial charge in [-0.2, -0.15) is 13.2 Å². The van der Waals surface area contributed by atoms with Gasteiger partial charge < -0.3 is 14.8 Å². The van der Waals surface area contributed by atoms with E-state index in [1.165, 1.54) is 20.3 Å². The molecule has 1 heterocycles. The SMILES string of the molecule is COc1ccc(-c2cc(C(F)(F)F)nc(SCC(=O)NCCc3ccccc3)n2)cc1OC. The number of aromatic nitrogens is 2. The van der Waals surface area contributed by atoms with E-state index < -0.39 is 11.9 Å². The van der Waals surface area contributed by atoms with E-state index in [0.717, 1.165) is 23.4 Å². The predicted molar refractivity (Wildman–Crippen MR) is 119 cm³/mol. The molecule has 0 aliphatic carbocycles. The minimum absolute atomic E-state index is 0.0604. The van der Waals surface area contributed by atoms with Gasteiger partial charge in [0.05, 0.1) is 25.7 Å². The summed E-state index contributed by atoms with van der Waals surface area (Å²) in [5.41, 5.74) is 0.445. The molecule has 3 rings (SSSR count). The fraction of sp³-hybridized carbons (Fsp3) is 0.261. The number of carbonyl (C=O) groups excluding carboxylic acids is 1. The summed E-state index contributed by atoms with van der Waals surface area (Å²) < 4.78 is 50.7. The Morgan fingerprint density at radius 3 is 2.39 bits per heavy atom. The van der Waals surface area contributed by atoms with Crippen molar-refractivity contribution in [3.8, 4) is 22.8 Å². The zero-order chi connectivity index (χ0) is 23.8. The molecule has 2 aromatic carbocycles. The van der Waals surface area contributed by atoms with Gasteiger partial charge in [0.2, 0.25) is 5.91 Å². The van der Waals surface area contributed by atoms with Crippen LogP contribution in [0.15, 0.2) is 59.8 Å². The molecular formula is C23H22F3N3O3S. The number of alkyl halides is 3. The van der Waals surface area contributed by atoms with Crippen LogP contribution in [0.5, 0.6) is 11.5 Å². The zero-order valence-corrected chi connectivity index (χ0v) is 18.8. The van der Waals surface area contributed by atoms with Crippen LogP contribution in [0.4, 0.5) is 13.2 Å². The molecule has 0 aliphatic heterocycles. The second kappa shape index (κ2) is 11.0. The number of benzene rings is 2. The maximum absolute atomic E-state index is 13.4. The van der Waals surface area contributed by atoms with Crippen molar-refractivity contribution >= 4 is 17.7 Å². The number of halogens is 3. The second-order valence-electron chi connectivity index (χ2n) is 6.86. The minimum Gasteiger partial charge on any atom is -0.493 e. The lowest BCUT2D eigenvalue weighted by atomic mass is 10.1. The van der Waals surface area contributed by atoms with Crippen LogP contribution in [0.1, 0.15) is 11.3 Å². The van der Waals surface area contributed by atoms with Gasteiger partial charge in [-0.25, -0.2) is 9.97 Å². The molecule has 0 bridgehead atoms. The lowest BCUT2D eigenvalue weighted by Crippen LogP contribution is -2.27. The highest BCUT2D eigenvalue weighted by molar-refractivity contribution is 7.99. The van der Waals surface area contributed by atoms with Crippen molar-refractivity contribution in [2.45, 2.75) is 17.8 Å². The molecule has 0 atom stereocenters. The van der Waals surface area contributed by atoms with Crippen molar-refractivity contribution in [3.05, 3.63) is 65.9 Å². The summed E-state index contributed by atoms with van der Waals surface area (Å²) in [6.07, 6.45) is -4.01. The lowest BCUT2D eigenvalue weighted by molar-refractivity contribution is -0.141. The van der Waals surface area contributed by atoms with Crippen molar-refractivity contribution in [1.82, 2.24) is 15.3 Å². The van der Waals surface area contributed by atoms with Crippen LogP contribution in [0, 0.1) is 0 Å². The molecule has 1 amide bonds.